The van der Waals surface area contributed by atoms with E-state index in [0.717, 1.165) is 11.1 Å². The third kappa shape index (κ3) is 4.60. The Kier molecular flexibility index (Phi) is 6.37. The molecule has 0 unspecified atom stereocenters. The molecule has 1 N–H and O–H groups in total. The van der Waals surface area contributed by atoms with Crippen molar-refractivity contribution in [2.75, 3.05) is 0 Å². The molecule has 1 amide bonds. The number of nitrogens with zero attached hydrogens (tertiary/aromatic N) is 1. The molecular weight excluding hydrogens is 176 g/mol. The molecule has 3 nitrogen and oxygen atoms in total. The molecule has 1 heterocycles. The molecular formula is C11H18N2O. The van der Waals surface area contributed by atoms with Crippen LogP contribution >= 0.6 is 0 Å². The first-order chi connectivity index (χ1) is 6.70. The van der Waals surface area contributed by atoms with Gasteiger partial charge in [-0.05, 0) is 24.1 Å². The molecule has 1 aromatic rings. The highest BCUT2D eigenvalue weighted by atomic mass is 16.1. The predicted molar refractivity (Wildman–Crippen MR) is 57.8 cm³/mol. The van der Waals surface area contributed by atoms with Crippen LogP contribution in [0.25, 0.3) is 0 Å². The van der Waals surface area contributed by atoms with Crippen molar-refractivity contribution in [2.45, 2.75) is 34.2 Å². The van der Waals surface area contributed by atoms with E-state index in [4.69, 9.17) is 0 Å². The minimum Gasteiger partial charge on any atom is -0.352 e. The predicted octanol–water partition coefficient (Wildman–Crippen LogP) is 2.05. The van der Waals surface area contributed by atoms with Gasteiger partial charge in [0.15, 0.2) is 0 Å². The van der Waals surface area contributed by atoms with Gasteiger partial charge in [-0.1, -0.05) is 13.8 Å². The SMILES string of the molecule is CC.CC(=O)NCc1ccncc1C. The number of carbonyl (C=O) groups excluding carboxylic acids is 1. The minimum absolute atomic E-state index is 0.00814. The highest BCUT2D eigenvalue weighted by Gasteiger charge is 1.97. The molecule has 0 bridgehead atoms. The Bertz CT molecular complexity index is 284. The molecule has 1 rings (SSSR count). The van der Waals surface area contributed by atoms with Crippen LogP contribution in [-0.4, -0.2) is 10.9 Å². The zero-order chi connectivity index (χ0) is 11.0. The van der Waals surface area contributed by atoms with Crippen LogP contribution in [0, 0.1) is 6.92 Å². The lowest BCUT2D eigenvalue weighted by Crippen LogP contribution is -2.19. The van der Waals surface area contributed by atoms with Crippen LogP contribution in [0.1, 0.15) is 31.9 Å². The van der Waals surface area contributed by atoms with Crippen molar-refractivity contribution in [1.29, 1.82) is 0 Å². The summed E-state index contributed by atoms with van der Waals surface area (Å²) in [6.07, 6.45) is 3.52. The van der Waals surface area contributed by atoms with Crippen molar-refractivity contribution in [1.82, 2.24) is 10.3 Å². The van der Waals surface area contributed by atoms with Crippen LogP contribution in [0.15, 0.2) is 18.5 Å². The second-order valence-corrected chi connectivity index (χ2v) is 2.71. The maximum absolute atomic E-state index is 10.6. The van der Waals surface area contributed by atoms with Gasteiger partial charge in [-0.3, -0.25) is 9.78 Å². The summed E-state index contributed by atoms with van der Waals surface area (Å²) in [7, 11) is 0. The lowest BCUT2D eigenvalue weighted by Gasteiger charge is -2.04. The molecule has 1 aromatic heterocycles. The molecule has 0 aliphatic rings. The van der Waals surface area contributed by atoms with E-state index in [9.17, 15) is 4.79 Å². The van der Waals surface area contributed by atoms with E-state index in [1.165, 1.54) is 6.92 Å². The molecule has 78 valence electrons. The summed E-state index contributed by atoms with van der Waals surface area (Å²) in [4.78, 5) is 14.6. The summed E-state index contributed by atoms with van der Waals surface area (Å²) in [5, 5.41) is 2.74. The monoisotopic (exact) mass is 194 g/mol. The van der Waals surface area contributed by atoms with Crippen LogP contribution in [0.4, 0.5) is 0 Å². The zero-order valence-corrected chi connectivity index (χ0v) is 9.29. The fraction of sp³-hybridized carbons (Fsp3) is 0.455. The second-order valence-electron chi connectivity index (χ2n) is 2.71. The first-order valence-corrected chi connectivity index (χ1v) is 4.84. The number of nitrogens with one attached hydrogen (secondary N) is 1. The van der Waals surface area contributed by atoms with Gasteiger partial charge in [0.2, 0.25) is 5.91 Å². The second kappa shape index (κ2) is 7.06. The van der Waals surface area contributed by atoms with Gasteiger partial charge < -0.3 is 5.32 Å². The number of aromatic nitrogens is 1. The van der Waals surface area contributed by atoms with E-state index in [1.807, 2.05) is 26.8 Å². The molecule has 0 saturated carbocycles. The van der Waals surface area contributed by atoms with Gasteiger partial charge >= 0.3 is 0 Å². The molecule has 0 aromatic carbocycles. The Hall–Kier alpha value is -1.38. The van der Waals surface area contributed by atoms with Crippen molar-refractivity contribution in [2.24, 2.45) is 0 Å². The van der Waals surface area contributed by atoms with Gasteiger partial charge in [0.25, 0.3) is 0 Å². The number of hydrogen-bond donors (Lipinski definition) is 1. The number of rotatable bonds is 2. The summed E-state index contributed by atoms with van der Waals surface area (Å²) < 4.78 is 0. The maximum Gasteiger partial charge on any atom is 0.217 e. The highest BCUT2D eigenvalue weighted by molar-refractivity contribution is 5.72. The normalized spacial score (nSPS) is 8.57. The Labute approximate surface area is 85.6 Å². The van der Waals surface area contributed by atoms with Crippen LogP contribution in [0.5, 0.6) is 0 Å². The quantitative estimate of drug-likeness (QED) is 0.783. The van der Waals surface area contributed by atoms with Crippen molar-refractivity contribution >= 4 is 5.91 Å². The average Bonchev–Trinajstić information content (AvgIpc) is 2.19. The van der Waals surface area contributed by atoms with Gasteiger partial charge in [0, 0.05) is 25.9 Å². The minimum atomic E-state index is -0.00814. The van der Waals surface area contributed by atoms with E-state index < -0.39 is 0 Å². The van der Waals surface area contributed by atoms with Crippen molar-refractivity contribution in [3.05, 3.63) is 29.6 Å². The molecule has 0 spiro atoms. The summed E-state index contributed by atoms with van der Waals surface area (Å²) >= 11 is 0. The fourth-order valence-corrected chi connectivity index (χ4v) is 0.920. The van der Waals surface area contributed by atoms with Crippen LogP contribution in [-0.2, 0) is 11.3 Å². The third-order valence-electron chi connectivity index (χ3n) is 1.66. The summed E-state index contributed by atoms with van der Waals surface area (Å²) in [5.74, 6) is -0.00814. The Morgan fingerprint density at radius 3 is 2.64 bits per heavy atom. The zero-order valence-electron chi connectivity index (χ0n) is 9.29. The van der Waals surface area contributed by atoms with E-state index in [2.05, 4.69) is 10.3 Å². The molecule has 0 aliphatic heterocycles. The van der Waals surface area contributed by atoms with Crippen LogP contribution < -0.4 is 5.32 Å². The van der Waals surface area contributed by atoms with Crippen LogP contribution in [0.3, 0.4) is 0 Å². The Morgan fingerprint density at radius 1 is 1.50 bits per heavy atom. The summed E-state index contributed by atoms with van der Waals surface area (Å²) in [6.45, 7) is 8.07. The number of amides is 1. The molecule has 0 saturated heterocycles. The van der Waals surface area contributed by atoms with E-state index in [0.29, 0.717) is 6.54 Å². The first-order valence-electron chi connectivity index (χ1n) is 4.84. The van der Waals surface area contributed by atoms with Gasteiger partial charge in [0.05, 0.1) is 0 Å². The van der Waals surface area contributed by atoms with Crippen molar-refractivity contribution in [3.8, 4) is 0 Å². The van der Waals surface area contributed by atoms with E-state index >= 15 is 0 Å². The van der Waals surface area contributed by atoms with Crippen molar-refractivity contribution < 1.29 is 4.79 Å². The topological polar surface area (TPSA) is 42.0 Å². The number of hydrogen-bond acceptors (Lipinski definition) is 2. The summed E-state index contributed by atoms with van der Waals surface area (Å²) in [5.41, 5.74) is 2.21. The lowest BCUT2D eigenvalue weighted by atomic mass is 10.1. The molecule has 3 heteroatoms. The molecule has 0 fully saturated rings. The van der Waals surface area contributed by atoms with Gasteiger partial charge in [-0.15, -0.1) is 0 Å². The van der Waals surface area contributed by atoms with Gasteiger partial charge in [0.1, 0.15) is 0 Å². The largest absolute Gasteiger partial charge is 0.352 e. The number of aryl methyl sites for hydroxylation is 1. The highest BCUT2D eigenvalue weighted by Crippen LogP contribution is 2.03. The number of pyridine rings is 1. The molecule has 14 heavy (non-hydrogen) atoms. The average molecular weight is 194 g/mol. The Morgan fingerprint density at radius 2 is 2.14 bits per heavy atom. The standard InChI is InChI=1S/C9H12N2O.C2H6/c1-7-5-10-4-3-9(7)6-11-8(2)12;1-2/h3-5H,6H2,1-2H3,(H,11,12);1-2H3. The number of carbonyl (C=O) groups is 1. The Balaban J connectivity index is 0.000000791. The van der Waals surface area contributed by atoms with Crippen molar-refractivity contribution in [3.63, 3.8) is 0 Å². The fourth-order valence-electron chi connectivity index (χ4n) is 0.920. The first kappa shape index (κ1) is 12.6. The maximum atomic E-state index is 10.6. The van der Waals surface area contributed by atoms with Gasteiger partial charge in [-0.25, -0.2) is 0 Å². The third-order valence-corrected chi connectivity index (χ3v) is 1.66. The molecule has 0 radical (unpaired) electrons. The summed E-state index contributed by atoms with van der Waals surface area (Å²) in [6, 6.07) is 1.91. The van der Waals surface area contributed by atoms with E-state index in [-0.39, 0.29) is 5.91 Å². The molecule has 0 atom stereocenters. The smallest absolute Gasteiger partial charge is 0.217 e. The van der Waals surface area contributed by atoms with E-state index in [1.54, 1.807) is 12.4 Å². The lowest BCUT2D eigenvalue weighted by molar-refractivity contribution is -0.119. The molecule has 0 aliphatic carbocycles. The van der Waals surface area contributed by atoms with Crippen LogP contribution in [0.2, 0.25) is 0 Å². The van der Waals surface area contributed by atoms with Gasteiger partial charge in [-0.2, -0.15) is 0 Å².